The van der Waals surface area contributed by atoms with Crippen molar-refractivity contribution in [2.24, 2.45) is 5.92 Å². The van der Waals surface area contributed by atoms with Crippen LogP contribution in [0, 0.1) is 5.92 Å². The molecule has 0 saturated carbocycles. The third-order valence-corrected chi connectivity index (χ3v) is 2.69. The van der Waals surface area contributed by atoms with Crippen molar-refractivity contribution in [3.05, 3.63) is 0 Å². The number of halogens is 2. The molecule has 1 N–H and O–H groups in total. The van der Waals surface area contributed by atoms with Crippen LogP contribution in [0.4, 0.5) is 8.78 Å². The molecule has 1 unspecified atom stereocenters. The van der Waals surface area contributed by atoms with E-state index in [4.69, 9.17) is 4.74 Å². The molecule has 1 heterocycles. The second kappa shape index (κ2) is 6.63. The van der Waals surface area contributed by atoms with E-state index < -0.39 is 19.1 Å². The van der Waals surface area contributed by atoms with Crippen LogP contribution in [0.15, 0.2) is 0 Å². The molecule has 0 bridgehead atoms. The number of alkyl halides is 2. The summed E-state index contributed by atoms with van der Waals surface area (Å²) < 4.78 is 28.5. The van der Waals surface area contributed by atoms with Crippen LogP contribution in [-0.4, -0.2) is 55.5 Å². The molecule has 0 aromatic carbocycles. The van der Waals surface area contributed by atoms with E-state index in [1.807, 2.05) is 13.8 Å². The van der Waals surface area contributed by atoms with Gasteiger partial charge in [0.25, 0.3) is 6.43 Å². The monoisotopic (exact) mass is 264 g/mol. The van der Waals surface area contributed by atoms with Crippen LogP contribution >= 0.6 is 0 Å². The first-order valence-corrected chi connectivity index (χ1v) is 5.86. The highest BCUT2D eigenvalue weighted by molar-refractivity contribution is 5.94. The fourth-order valence-corrected chi connectivity index (χ4v) is 1.93. The van der Waals surface area contributed by atoms with Crippen LogP contribution in [0.1, 0.15) is 13.8 Å². The van der Waals surface area contributed by atoms with Crippen molar-refractivity contribution in [3.8, 4) is 0 Å². The Morgan fingerprint density at radius 1 is 1.44 bits per heavy atom. The standard InChI is InChI=1S/C11H18F2N2O3/c1-7(2)10-11(17)14-5-9(16)15(10)3-4-18-6-8(12)13/h7-8,10H,3-6H2,1-2H3,(H,14,17). The van der Waals surface area contributed by atoms with Gasteiger partial charge in [-0.05, 0) is 5.92 Å². The number of carbonyl (C=O) groups is 2. The third kappa shape index (κ3) is 3.90. The molecule has 0 spiro atoms. The zero-order valence-corrected chi connectivity index (χ0v) is 10.5. The highest BCUT2D eigenvalue weighted by Crippen LogP contribution is 2.14. The van der Waals surface area contributed by atoms with E-state index in [1.165, 1.54) is 4.90 Å². The molecular weight excluding hydrogens is 246 g/mol. The van der Waals surface area contributed by atoms with Crippen LogP contribution in [-0.2, 0) is 14.3 Å². The summed E-state index contributed by atoms with van der Waals surface area (Å²) in [5.74, 6) is -0.461. The van der Waals surface area contributed by atoms with E-state index in [0.717, 1.165) is 0 Å². The maximum Gasteiger partial charge on any atom is 0.261 e. The number of nitrogens with zero attached hydrogens (tertiary/aromatic N) is 1. The lowest BCUT2D eigenvalue weighted by molar-refractivity contribution is -0.148. The Morgan fingerprint density at radius 3 is 2.67 bits per heavy atom. The zero-order chi connectivity index (χ0) is 13.7. The van der Waals surface area contributed by atoms with Crippen molar-refractivity contribution in [2.75, 3.05) is 26.3 Å². The van der Waals surface area contributed by atoms with Crippen LogP contribution in [0.2, 0.25) is 0 Å². The Labute approximate surface area is 104 Å². The molecule has 1 saturated heterocycles. The van der Waals surface area contributed by atoms with E-state index >= 15 is 0 Å². The Balaban J connectivity index is 2.52. The molecule has 2 amide bonds. The number of piperazine rings is 1. The maximum absolute atomic E-state index is 11.9. The smallest absolute Gasteiger partial charge is 0.261 e. The van der Waals surface area contributed by atoms with E-state index in [2.05, 4.69) is 5.32 Å². The van der Waals surface area contributed by atoms with E-state index in [0.29, 0.717) is 0 Å². The first kappa shape index (κ1) is 14.8. The summed E-state index contributed by atoms with van der Waals surface area (Å²) in [5.41, 5.74) is 0. The fourth-order valence-electron chi connectivity index (χ4n) is 1.93. The molecule has 0 radical (unpaired) electrons. The van der Waals surface area contributed by atoms with Gasteiger partial charge in [-0.2, -0.15) is 0 Å². The van der Waals surface area contributed by atoms with Crippen molar-refractivity contribution < 1.29 is 23.1 Å². The Morgan fingerprint density at radius 2 is 2.11 bits per heavy atom. The van der Waals surface area contributed by atoms with Crippen molar-refractivity contribution in [1.29, 1.82) is 0 Å². The van der Waals surface area contributed by atoms with Gasteiger partial charge in [-0.15, -0.1) is 0 Å². The van der Waals surface area contributed by atoms with Crippen LogP contribution in [0.5, 0.6) is 0 Å². The molecule has 1 aliphatic heterocycles. The molecule has 104 valence electrons. The molecule has 1 aliphatic rings. The molecule has 0 aliphatic carbocycles. The van der Waals surface area contributed by atoms with E-state index in [1.54, 1.807) is 0 Å². The van der Waals surface area contributed by atoms with Gasteiger partial charge in [-0.25, -0.2) is 8.78 Å². The first-order chi connectivity index (χ1) is 8.43. The summed E-state index contributed by atoms with van der Waals surface area (Å²) in [5, 5.41) is 2.51. The molecule has 1 atom stereocenters. The molecule has 5 nitrogen and oxygen atoms in total. The second-order valence-corrected chi connectivity index (χ2v) is 4.46. The minimum Gasteiger partial charge on any atom is -0.374 e. The molecule has 7 heteroatoms. The van der Waals surface area contributed by atoms with Crippen LogP contribution in [0.3, 0.4) is 0 Å². The lowest BCUT2D eigenvalue weighted by atomic mass is 9.99. The van der Waals surface area contributed by atoms with Gasteiger partial charge in [-0.1, -0.05) is 13.8 Å². The number of hydrogen-bond donors (Lipinski definition) is 1. The van der Waals surface area contributed by atoms with Crippen LogP contribution < -0.4 is 5.32 Å². The normalized spacial score (nSPS) is 20.8. The van der Waals surface area contributed by atoms with Gasteiger partial charge in [0.15, 0.2) is 0 Å². The molecule has 0 aromatic rings. The first-order valence-electron chi connectivity index (χ1n) is 5.86. The van der Waals surface area contributed by atoms with Gasteiger partial charge < -0.3 is 15.0 Å². The summed E-state index contributed by atoms with van der Waals surface area (Å²) in [6.45, 7) is 3.12. The SMILES string of the molecule is CC(C)C1C(=O)NCC(=O)N1CCOCC(F)F. The number of carbonyl (C=O) groups excluding carboxylic acids is 2. The van der Waals surface area contributed by atoms with Gasteiger partial charge in [-0.3, -0.25) is 9.59 Å². The quantitative estimate of drug-likeness (QED) is 0.700. The maximum atomic E-state index is 11.9. The van der Waals surface area contributed by atoms with Crippen molar-refractivity contribution in [1.82, 2.24) is 10.2 Å². The summed E-state index contributed by atoms with van der Waals surface area (Å²) >= 11 is 0. The largest absolute Gasteiger partial charge is 0.374 e. The van der Waals surface area contributed by atoms with Crippen LogP contribution in [0.25, 0.3) is 0 Å². The molecule has 1 rings (SSSR count). The third-order valence-electron chi connectivity index (χ3n) is 2.69. The fraction of sp³-hybridized carbons (Fsp3) is 0.818. The molecule has 0 aromatic heterocycles. The summed E-state index contributed by atoms with van der Waals surface area (Å²) in [6, 6.07) is -0.554. The topological polar surface area (TPSA) is 58.6 Å². The Bertz CT molecular complexity index is 311. The van der Waals surface area contributed by atoms with Gasteiger partial charge >= 0.3 is 0 Å². The Kier molecular flexibility index (Phi) is 5.46. The van der Waals surface area contributed by atoms with Crippen molar-refractivity contribution in [3.63, 3.8) is 0 Å². The molecular formula is C11H18F2N2O3. The highest BCUT2D eigenvalue weighted by atomic mass is 19.3. The summed E-state index contributed by atoms with van der Waals surface area (Å²) in [6.07, 6.45) is -2.52. The number of hydrogen-bond acceptors (Lipinski definition) is 3. The van der Waals surface area contributed by atoms with E-state index in [-0.39, 0.29) is 37.4 Å². The van der Waals surface area contributed by atoms with Gasteiger partial charge in [0, 0.05) is 6.54 Å². The summed E-state index contributed by atoms with van der Waals surface area (Å²) in [4.78, 5) is 24.8. The lowest BCUT2D eigenvalue weighted by Crippen LogP contribution is -2.60. The molecule has 1 fully saturated rings. The average Bonchev–Trinajstić information content (AvgIpc) is 2.27. The predicted molar refractivity (Wildman–Crippen MR) is 60.2 cm³/mol. The lowest BCUT2D eigenvalue weighted by Gasteiger charge is -2.37. The number of nitrogens with one attached hydrogen (secondary N) is 1. The predicted octanol–water partition coefficient (Wildman–Crippen LogP) is 0.251. The highest BCUT2D eigenvalue weighted by Gasteiger charge is 2.36. The minimum absolute atomic E-state index is 0.00653. The number of amides is 2. The molecule has 18 heavy (non-hydrogen) atoms. The van der Waals surface area contributed by atoms with Crippen molar-refractivity contribution in [2.45, 2.75) is 26.3 Å². The van der Waals surface area contributed by atoms with E-state index in [9.17, 15) is 18.4 Å². The Hall–Kier alpha value is -1.24. The minimum atomic E-state index is -2.52. The second-order valence-electron chi connectivity index (χ2n) is 4.46. The van der Waals surface area contributed by atoms with Gasteiger partial charge in [0.05, 0.1) is 13.2 Å². The average molecular weight is 264 g/mol. The van der Waals surface area contributed by atoms with Gasteiger partial charge in [0.2, 0.25) is 11.8 Å². The summed E-state index contributed by atoms with van der Waals surface area (Å²) in [7, 11) is 0. The van der Waals surface area contributed by atoms with Crippen molar-refractivity contribution >= 4 is 11.8 Å². The number of ether oxygens (including phenoxy) is 1. The van der Waals surface area contributed by atoms with Gasteiger partial charge in [0.1, 0.15) is 12.6 Å². The zero-order valence-electron chi connectivity index (χ0n) is 10.5. The number of rotatable bonds is 6.